The average Bonchev–Trinajstić information content (AvgIpc) is 3.47. The summed E-state index contributed by atoms with van der Waals surface area (Å²) in [5.74, 6) is 2.45. The molecule has 1 saturated heterocycles. The van der Waals surface area contributed by atoms with E-state index in [9.17, 15) is 0 Å². The third kappa shape index (κ3) is 3.70. The van der Waals surface area contributed by atoms with Gasteiger partial charge in [-0.1, -0.05) is 22.0 Å². The number of aromatic nitrogens is 2. The molecule has 0 unspecified atom stereocenters. The van der Waals surface area contributed by atoms with Crippen molar-refractivity contribution in [3.8, 4) is 0 Å². The van der Waals surface area contributed by atoms with E-state index in [1.807, 2.05) is 12.3 Å². The number of rotatable bonds is 5. The van der Waals surface area contributed by atoms with Gasteiger partial charge in [0.25, 0.3) is 0 Å². The second kappa shape index (κ2) is 7.07. The molecule has 0 spiro atoms. The van der Waals surface area contributed by atoms with E-state index >= 15 is 0 Å². The number of hydrogen-bond donors (Lipinski definition) is 1. The van der Waals surface area contributed by atoms with E-state index in [-0.39, 0.29) is 0 Å². The first-order valence-electron chi connectivity index (χ1n) is 8.47. The van der Waals surface area contributed by atoms with Crippen LogP contribution < -0.4 is 10.2 Å². The van der Waals surface area contributed by atoms with E-state index in [1.54, 1.807) is 0 Å². The topological polar surface area (TPSA) is 50.3 Å². The lowest BCUT2D eigenvalue weighted by Crippen LogP contribution is -2.36. The Morgan fingerprint density at radius 1 is 1.21 bits per heavy atom. The van der Waals surface area contributed by atoms with Crippen molar-refractivity contribution < 1.29 is 4.74 Å². The smallest absolute Gasteiger partial charge is 0.133 e. The maximum absolute atomic E-state index is 5.48. The summed E-state index contributed by atoms with van der Waals surface area (Å²) in [5.41, 5.74) is 2.53. The van der Waals surface area contributed by atoms with E-state index < -0.39 is 0 Å². The number of nitrogens with zero attached hydrogens (tertiary/aromatic N) is 3. The Hall–Kier alpha value is -1.66. The molecule has 126 valence electrons. The van der Waals surface area contributed by atoms with Gasteiger partial charge in [0, 0.05) is 41.9 Å². The predicted octanol–water partition coefficient (Wildman–Crippen LogP) is 3.57. The zero-order valence-electron chi connectivity index (χ0n) is 13.5. The molecule has 1 aliphatic carbocycles. The molecule has 24 heavy (non-hydrogen) atoms. The lowest BCUT2D eigenvalue weighted by molar-refractivity contribution is 0.122. The normalized spacial score (nSPS) is 17.8. The molecule has 1 N–H and O–H groups in total. The van der Waals surface area contributed by atoms with E-state index in [4.69, 9.17) is 4.74 Å². The Labute approximate surface area is 150 Å². The molecule has 0 bridgehead atoms. The third-order valence-electron chi connectivity index (χ3n) is 4.48. The van der Waals surface area contributed by atoms with Crippen LogP contribution in [0.3, 0.4) is 0 Å². The van der Waals surface area contributed by atoms with Crippen molar-refractivity contribution in [3.63, 3.8) is 0 Å². The summed E-state index contributed by atoms with van der Waals surface area (Å²) in [6, 6.07) is 8.40. The molecule has 6 heteroatoms. The fraction of sp³-hybridized carbons (Fsp3) is 0.444. The van der Waals surface area contributed by atoms with E-state index in [0.717, 1.165) is 49.0 Å². The fourth-order valence-electron chi connectivity index (χ4n) is 2.98. The molecule has 0 amide bonds. The van der Waals surface area contributed by atoms with Crippen LogP contribution in [0.25, 0.3) is 0 Å². The summed E-state index contributed by atoms with van der Waals surface area (Å²) in [5, 5.41) is 3.46. The molecule has 1 aliphatic heterocycles. The van der Waals surface area contributed by atoms with Crippen LogP contribution in [0.1, 0.15) is 30.1 Å². The van der Waals surface area contributed by atoms with Crippen LogP contribution in [0.4, 0.5) is 11.5 Å². The number of ether oxygens (including phenoxy) is 1. The zero-order valence-corrected chi connectivity index (χ0v) is 15.1. The monoisotopic (exact) mass is 388 g/mol. The van der Waals surface area contributed by atoms with Crippen molar-refractivity contribution in [2.24, 2.45) is 0 Å². The summed E-state index contributed by atoms with van der Waals surface area (Å²) in [7, 11) is 0. The highest BCUT2D eigenvalue weighted by Gasteiger charge is 2.26. The van der Waals surface area contributed by atoms with Gasteiger partial charge in [-0.3, -0.25) is 0 Å². The molecule has 2 heterocycles. The van der Waals surface area contributed by atoms with Crippen molar-refractivity contribution >= 4 is 27.4 Å². The van der Waals surface area contributed by atoms with E-state index in [2.05, 4.69) is 54.3 Å². The molecule has 5 nitrogen and oxygen atoms in total. The van der Waals surface area contributed by atoms with Gasteiger partial charge in [-0.2, -0.15) is 0 Å². The minimum Gasteiger partial charge on any atom is -0.378 e. The van der Waals surface area contributed by atoms with E-state index in [1.165, 1.54) is 24.1 Å². The van der Waals surface area contributed by atoms with Gasteiger partial charge in [0.15, 0.2) is 0 Å². The van der Waals surface area contributed by atoms with Crippen LogP contribution >= 0.6 is 15.9 Å². The molecular formula is C18H21BrN4O. The first-order chi connectivity index (χ1) is 11.8. The quantitative estimate of drug-likeness (QED) is 0.848. The minimum absolute atomic E-state index is 0.573. The standard InChI is InChI=1S/C18H21BrN4O/c19-15-4-3-14(16(11-15)23-7-9-24-10-8-23)12-21-17-5-6-20-18(22-17)13-1-2-13/h3-6,11,13H,1-2,7-10,12H2,(H,20,21,22). The van der Waals surface area contributed by atoms with Crippen molar-refractivity contribution in [2.45, 2.75) is 25.3 Å². The highest BCUT2D eigenvalue weighted by Crippen LogP contribution is 2.38. The molecule has 1 aromatic heterocycles. The SMILES string of the molecule is Brc1ccc(CNc2ccnc(C3CC3)n2)c(N2CCOCC2)c1. The van der Waals surface area contributed by atoms with Gasteiger partial charge in [-0.15, -0.1) is 0 Å². The van der Waals surface area contributed by atoms with E-state index in [0.29, 0.717) is 5.92 Å². The second-order valence-corrected chi connectivity index (χ2v) is 7.22. The molecule has 0 radical (unpaired) electrons. The molecule has 2 aliphatic rings. The molecule has 4 rings (SSSR count). The summed E-state index contributed by atoms with van der Waals surface area (Å²) in [6.07, 6.45) is 4.29. The zero-order chi connectivity index (χ0) is 16.4. The maximum Gasteiger partial charge on any atom is 0.133 e. The van der Waals surface area contributed by atoms with Gasteiger partial charge in [-0.25, -0.2) is 9.97 Å². The molecule has 0 atom stereocenters. The minimum atomic E-state index is 0.573. The lowest BCUT2D eigenvalue weighted by Gasteiger charge is -2.31. The number of hydrogen-bond acceptors (Lipinski definition) is 5. The second-order valence-electron chi connectivity index (χ2n) is 6.30. The van der Waals surface area contributed by atoms with Crippen LogP contribution in [-0.4, -0.2) is 36.3 Å². The predicted molar refractivity (Wildman–Crippen MR) is 98.5 cm³/mol. The van der Waals surface area contributed by atoms with Gasteiger partial charge >= 0.3 is 0 Å². The Morgan fingerprint density at radius 2 is 2.04 bits per heavy atom. The highest BCUT2D eigenvalue weighted by molar-refractivity contribution is 9.10. The van der Waals surface area contributed by atoms with Gasteiger partial charge < -0.3 is 15.0 Å². The van der Waals surface area contributed by atoms with Crippen LogP contribution in [0.15, 0.2) is 34.9 Å². The van der Waals surface area contributed by atoms with Gasteiger partial charge in [0.05, 0.1) is 13.2 Å². The third-order valence-corrected chi connectivity index (χ3v) is 4.97. The summed E-state index contributed by atoms with van der Waals surface area (Å²) in [4.78, 5) is 11.4. The molecule has 1 saturated carbocycles. The lowest BCUT2D eigenvalue weighted by atomic mass is 10.1. The number of anilines is 2. The number of morpholine rings is 1. The van der Waals surface area contributed by atoms with Crippen molar-refractivity contribution in [2.75, 3.05) is 36.5 Å². The summed E-state index contributed by atoms with van der Waals surface area (Å²) >= 11 is 3.59. The maximum atomic E-state index is 5.48. The van der Waals surface area contributed by atoms with Gasteiger partial charge in [-0.05, 0) is 36.6 Å². The first kappa shape index (κ1) is 15.8. The largest absolute Gasteiger partial charge is 0.378 e. The van der Waals surface area contributed by atoms with Crippen LogP contribution in [0, 0.1) is 0 Å². The van der Waals surface area contributed by atoms with Crippen LogP contribution in [-0.2, 0) is 11.3 Å². The van der Waals surface area contributed by atoms with Crippen LogP contribution in [0.2, 0.25) is 0 Å². The van der Waals surface area contributed by atoms with Gasteiger partial charge in [0.2, 0.25) is 0 Å². The Morgan fingerprint density at radius 3 is 2.83 bits per heavy atom. The first-order valence-corrected chi connectivity index (χ1v) is 9.27. The summed E-state index contributed by atoms with van der Waals surface area (Å²) < 4.78 is 6.58. The Kier molecular flexibility index (Phi) is 4.67. The van der Waals surface area contributed by atoms with Crippen molar-refractivity contribution in [1.82, 2.24) is 9.97 Å². The highest BCUT2D eigenvalue weighted by atomic mass is 79.9. The summed E-state index contributed by atoms with van der Waals surface area (Å²) in [6.45, 7) is 4.19. The van der Waals surface area contributed by atoms with Crippen molar-refractivity contribution in [3.05, 3.63) is 46.3 Å². The Balaban J connectivity index is 1.50. The Bertz CT molecular complexity index is 714. The molecule has 2 fully saturated rings. The van der Waals surface area contributed by atoms with Crippen LogP contribution in [0.5, 0.6) is 0 Å². The number of benzene rings is 1. The molecule has 1 aromatic carbocycles. The molecular weight excluding hydrogens is 368 g/mol. The van der Waals surface area contributed by atoms with Gasteiger partial charge in [0.1, 0.15) is 11.6 Å². The fourth-order valence-corrected chi connectivity index (χ4v) is 3.33. The molecule has 2 aromatic rings. The number of nitrogens with one attached hydrogen (secondary N) is 1. The van der Waals surface area contributed by atoms with Crippen molar-refractivity contribution in [1.29, 1.82) is 0 Å². The average molecular weight is 389 g/mol. The number of halogens is 1.